The zero-order chi connectivity index (χ0) is 17.9. The molecule has 4 nitrogen and oxygen atoms in total. The SMILES string of the molecule is O=C(c1ccc(Nc2ccccc2Cl)cn1)N1CCc2ccccc2C1. The van der Waals surface area contributed by atoms with Crippen molar-refractivity contribution in [2.24, 2.45) is 0 Å². The largest absolute Gasteiger partial charge is 0.353 e. The van der Waals surface area contributed by atoms with Gasteiger partial charge in [0, 0.05) is 13.1 Å². The van der Waals surface area contributed by atoms with Gasteiger partial charge in [0.15, 0.2) is 0 Å². The molecule has 4 rings (SSSR count). The minimum atomic E-state index is -0.0382. The quantitative estimate of drug-likeness (QED) is 0.735. The van der Waals surface area contributed by atoms with Gasteiger partial charge < -0.3 is 10.2 Å². The molecular formula is C21H18ClN3O. The molecule has 1 aliphatic heterocycles. The molecule has 2 heterocycles. The number of hydrogen-bond acceptors (Lipinski definition) is 3. The second-order valence-corrected chi connectivity index (χ2v) is 6.69. The molecule has 1 aromatic heterocycles. The maximum Gasteiger partial charge on any atom is 0.272 e. The van der Waals surface area contributed by atoms with Crippen LogP contribution >= 0.6 is 11.6 Å². The van der Waals surface area contributed by atoms with Crippen molar-refractivity contribution in [1.29, 1.82) is 0 Å². The van der Waals surface area contributed by atoms with E-state index in [0.717, 1.165) is 24.3 Å². The minimum absolute atomic E-state index is 0.0382. The fourth-order valence-corrected chi connectivity index (χ4v) is 3.33. The first-order valence-corrected chi connectivity index (χ1v) is 8.92. The van der Waals surface area contributed by atoms with Crippen LogP contribution in [0.5, 0.6) is 0 Å². The Bertz CT molecular complexity index is 940. The number of anilines is 2. The number of rotatable bonds is 3. The van der Waals surface area contributed by atoms with E-state index in [9.17, 15) is 4.79 Å². The Morgan fingerprint density at radius 2 is 1.77 bits per heavy atom. The van der Waals surface area contributed by atoms with E-state index in [1.54, 1.807) is 12.3 Å². The molecule has 0 atom stereocenters. The van der Waals surface area contributed by atoms with Crippen molar-refractivity contribution in [2.75, 3.05) is 11.9 Å². The maximum atomic E-state index is 12.8. The highest BCUT2D eigenvalue weighted by Gasteiger charge is 2.22. The second-order valence-electron chi connectivity index (χ2n) is 6.28. The molecule has 1 amide bonds. The average Bonchev–Trinajstić information content (AvgIpc) is 2.69. The minimum Gasteiger partial charge on any atom is -0.353 e. The van der Waals surface area contributed by atoms with Crippen LogP contribution in [0.25, 0.3) is 0 Å². The van der Waals surface area contributed by atoms with E-state index in [-0.39, 0.29) is 5.91 Å². The lowest BCUT2D eigenvalue weighted by Gasteiger charge is -2.28. The average molecular weight is 364 g/mol. The number of carbonyl (C=O) groups is 1. The lowest BCUT2D eigenvalue weighted by atomic mass is 10.00. The molecule has 26 heavy (non-hydrogen) atoms. The first-order chi connectivity index (χ1) is 12.7. The Balaban J connectivity index is 1.47. The predicted octanol–water partition coefficient (Wildman–Crippen LogP) is 4.68. The van der Waals surface area contributed by atoms with Gasteiger partial charge in [-0.25, -0.2) is 4.98 Å². The Hall–Kier alpha value is -2.85. The van der Waals surface area contributed by atoms with Crippen molar-refractivity contribution in [3.63, 3.8) is 0 Å². The van der Waals surface area contributed by atoms with Gasteiger partial charge in [-0.05, 0) is 41.8 Å². The van der Waals surface area contributed by atoms with E-state index in [4.69, 9.17) is 11.6 Å². The molecule has 0 aliphatic carbocycles. The highest BCUT2D eigenvalue weighted by molar-refractivity contribution is 6.33. The monoisotopic (exact) mass is 363 g/mol. The first kappa shape index (κ1) is 16.6. The van der Waals surface area contributed by atoms with E-state index in [1.807, 2.05) is 47.4 Å². The van der Waals surface area contributed by atoms with Crippen molar-refractivity contribution in [1.82, 2.24) is 9.88 Å². The summed E-state index contributed by atoms with van der Waals surface area (Å²) in [6, 6.07) is 19.4. The molecule has 2 aromatic carbocycles. The number of amides is 1. The number of pyridine rings is 1. The number of carbonyl (C=O) groups excluding carboxylic acids is 1. The third-order valence-corrected chi connectivity index (χ3v) is 4.88. The Morgan fingerprint density at radius 1 is 1.00 bits per heavy atom. The van der Waals surface area contributed by atoms with Crippen LogP contribution in [-0.4, -0.2) is 22.3 Å². The predicted molar refractivity (Wildman–Crippen MR) is 104 cm³/mol. The molecule has 0 radical (unpaired) electrons. The maximum absolute atomic E-state index is 12.8. The van der Waals surface area contributed by atoms with Gasteiger partial charge in [-0.3, -0.25) is 4.79 Å². The molecule has 3 aromatic rings. The Labute approximate surface area is 157 Å². The van der Waals surface area contributed by atoms with Crippen LogP contribution in [0.3, 0.4) is 0 Å². The number of para-hydroxylation sites is 1. The summed E-state index contributed by atoms with van der Waals surface area (Å²) in [4.78, 5) is 18.9. The van der Waals surface area contributed by atoms with Crippen LogP contribution < -0.4 is 5.32 Å². The number of fused-ring (bicyclic) bond motifs is 1. The lowest BCUT2D eigenvalue weighted by Crippen LogP contribution is -2.36. The number of aromatic nitrogens is 1. The number of halogens is 1. The second kappa shape index (κ2) is 7.18. The number of nitrogens with zero attached hydrogens (tertiary/aromatic N) is 2. The topological polar surface area (TPSA) is 45.2 Å². The zero-order valence-electron chi connectivity index (χ0n) is 14.2. The normalized spacial score (nSPS) is 13.2. The van der Waals surface area contributed by atoms with Crippen molar-refractivity contribution in [3.05, 3.63) is 88.7 Å². The van der Waals surface area contributed by atoms with Gasteiger partial charge >= 0.3 is 0 Å². The smallest absolute Gasteiger partial charge is 0.272 e. The lowest BCUT2D eigenvalue weighted by molar-refractivity contribution is 0.0729. The van der Waals surface area contributed by atoms with Crippen LogP contribution in [0.4, 0.5) is 11.4 Å². The fourth-order valence-electron chi connectivity index (χ4n) is 3.14. The molecule has 0 saturated heterocycles. The summed E-state index contributed by atoms with van der Waals surface area (Å²) >= 11 is 6.15. The van der Waals surface area contributed by atoms with Gasteiger partial charge in [0.05, 0.1) is 22.6 Å². The summed E-state index contributed by atoms with van der Waals surface area (Å²) in [5.41, 5.74) is 4.59. The van der Waals surface area contributed by atoms with Crippen molar-refractivity contribution >= 4 is 28.9 Å². The summed E-state index contributed by atoms with van der Waals surface area (Å²) in [7, 11) is 0. The zero-order valence-corrected chi connectivity index (χ0v) is 14.9. The van der Waals surface area contributed by atoms with Crippen LogP contribution in [0, 0.1) is 0 Å². The molecule has 0 unspecified atom stereocenters. The molecule has 0 bridgehead atoms. The first-order valence-electron chi connectivity index (χ1n) is 8.54. The standard InChI is InChI=1S/C21H18ClN3O/c22-18-7-3-4-8-19(18)24-17-9-10-20(23-13-17)21(26)25-12-11-15-5-1-2-6-16(15)14-25/h1-10,13,24H,11-12,14H2. The van der Waals surface area contributed by atoms with Crippen LogP contribution in [0.2, 0.25) is 5.02 Å². The molecular weight excluding hydrogens is 346 g/mol. The Morgan fingerprint density at radius 3 is 2.54 bits per heavy atom. The molecule has 1 N–H and O–H groups in total. The van der Waals surface area contributed by atoms with E-state index in [0.29, 0.717) is 17.3 Å². The van der Waals surface area contributed by atoms with E-state index < -0.39 is 0 Å². The van der Waals surface area contributed by atoms with Gasteiger partial charge in [-0.15, -0.1) is 0 Å². The van der Waals surface area contributed by atoms with Crippen molar-refractivity contribution in [2.45, 2.75) is 13.0 Å². The summed E-state index contributed by atoms with van der Waals surface area (Å²) in [5.74, 6) is -0.0382. The third kappa shape index (κ3) is 3.41. The molecule has 1 aliphatic rings. The van der Waals surface area contributed by atoms with Gasteiger partial charge in [-0.2, -0.15) is 0 Å². The molecule has 0 saturated carbocycles. The highest BCUT2D eigenvalue weighted by atomic mass is 35.5. The summed E-state index contributed by atoms with van der Waals surface area (Å²) < 4.78 is 0. The fraction of sp³-hybridized carbons (Fsp3) is 0.143. The van der Waals surface area contributed by atoms with Gasteiger partial charge in [0.2, 0.25) is 0 Å². The Kier molecular flexibility index (Phi) is 4.59. The van der Waals surface area contributed by atoms with E-state index in [1.165, 1.54) is 11.1 Å². The van der Waals surface area contributed by atoms with Crippen LogP contribution in [0.15, 0.2) is 66.9 Å². The molecule has 0 fully saturated rings. The number of benzene rings is 2. The molecule has 5 heteroatoms. The van der Waals surface area contributed by atoms with Crippen molar-refractivity contribution < 1.29 is 4.79 Å². The number of nitrogens with one attached hydrogen (secondary N) is 1. The van der Waals surface area contributed by atoms with E-state index in [2.05, 4.69) is 22.4 Å². The molecule has 0 spiro atoms. The van der Waals surface area contributed by atoms with E-state index >= 15 is 0 Å². The summed E-state index contributed by atoms with van der Waals surface area (Å²) in [6.07, 6.45) is 2.54. The summed E-state index contributed by atoms with van der Waals surface area (Å²) in [5, 5.41) is 3.85. The third-order valence-electron chi connectivity index (χ3n) is 4.55. The summed E-state index contributed by atoms with van der Waals surface area (Å²) in [6.45, 7) is 1.35. The van der Waals surface area contributed by atoms with Gasteiger partial charge in [0.25, 0.3) is 5.91 Å². The van der Waals surface area contributed by atoms with Crippen LogP contribution in [-0.2, 0) is 13.0 Å². The van der Waals surface area contributed by atoms with Gasteiger partial charge in [0.1, 0.15) is 5.69 Å². The van der Waals surface area contributed by atoms with Gasteiger partial charge in [-0.1, -0.05) is 48.0 Å². The van der Waals surface area contributed by atoms with Crippen LogP contribution in [0.1, 0.15) is 21.6 Å². The number of hydrogen-bond donors (Lipinski definition) is 1. The molecule has 130 valence electrons. The highest BCUT2D eigenvalue weighted by Crippen LogP contribution is 2.25. The van der Waals surface area contributed by atoms with Crippen molar-refractivity contribution in [3.8, 4) is 0 Å².